The predicted octanol–water partition coefficient (Wildman–Crippen LogP) is 4.48. The van der Waals surface area contributed by atoms with E-state index in [1.54, 1.807) is 24.5 Å². The van der Waals surface area contributed by atoms with Gasteiger partial charge in [0.15, 0.2) is 0 Å². The molecule has 9 heteroatoms. The number of methoxy groups -OCH3 is 1. The number of aryl methyl sites for hydroxylation is 1. The highest BCUT2D eigenvalue weighted by atomic mass is 35.5. The van der Waals surface area contributed by atoms with Crippen LogP contribution in [0.2, 0.25) is 0 Å². The molecule has 1 fully saturated rings. The van der Waals surface area contributed by atoms with Gasteiger partial charge in [-0.2, -0.15) is 0 Å². The number of thiophene rings is 1. The van der Waals surface area contributed by atoms with Gasteiger partial charge >= 0.3 is 0 Å². The zero-order valence-corrected chi connectivity index (χ0v) is 18.3. The van der Waals surface area contributed by atoms with Crippen LogP contribution in [0.5, 0.6) is 0 Å². The number of halogens is 3. The van der Waals surface area contributed by atoms with Crippen molar-refractivity contribution in [3.8, 4) is 0 Å². The van der Waals surface area contributed by atoms with Crippen LogP contribution in [-0.4, -0.2) is 50.1 Å². The van der Waals surface area contributed by atoms with Crippen molar-refractivity contribution in [3.05, 3.63) is 40.5 Å². The maximum Gasteiger partial charge on any atom is 0.139 e. The first-order chi connectivity index (χ1) is 12.6. The summed E-state index contributed by atoms with van der Waals surface area (Å²) in [4.78, 5) is 8.48. The topological polar surface area (TPSA) is 48.9 Å². The van der Waals surface area contributed by atoms with Crippen LogP contribution >= 0.6 is 36.2 Å². The number of ether oxygens (including phenoxy) is 1. The maximum absolute atomic E-state index is 13.7. The number of rotatable bonds is 3. The molecule has 4 rings (SSSR count). The fourth-order valence-electron chi connectivity index (χ4n) is 3.49. The van der Waals surface area contributed by atoms with Crippen molar-refractivity contribution >= 4 is 58.4 Å². The number of nitrogens with one attached hydrogen (secondary N) is 2. The van der Waals surface area contributed by atoms with Gasteiger partial charge in [-0.25, -0.2) is 9.38 Å². The van der Waals surface area contributed by atoms with Gasteiger partial charge < -0.3 is 20.3 Å². The first-order valence-electron chi connectivity index (χ1n) is 8.87. The minimum Gasteiger partial charge on any atom is -0.385 e. The third-order valence-electron chi connectivity index (χ3n) is 4.75. The first-order valence-corrected chi connectivity index (χ1v) is 9.69. The molecular formula is C19H25Cl2FN4OS. The van der Waals surface area contributed by atoms with Crippen molar-refractivity contribution in [1.29, 1.82) is 0 Å². The zero-order valence-electron chi connectivity index (χ0n) is 15.8. The molecule has 0 spiro atoms. The zero-order chi connectivity index (χ0) is 18.1. The van der Waals surface area contributed by atoms with Crippen LogP contribution in [-0.2, 0) is 4.74 Å². The quantitative estimate of drug-likeness (QED) is 0.729. The maximum atomic E-state index is 13.7. The largest absolute Gasteiger partial charge is 0.385 e. The highest BCUT2D eigenvalue weighted by Gasteiger charge is 2.27. The van der Waals surface area contributed by atoms with E-state index in [2.05, 4.69) is 28.5 Å². The number of benzene rings is 1. The summed E-state index contributed by atoms with van der Waals surface area (Å²) in [5.74, 6) is 0.706. The molecule has 1 unspecified atom stereocenters. The van der Waals surface area contributed by atoms with E-state index < -0.39 is 0 Å². The molecule has 0 aliphatic carbocycles. The van der Waals surface area contributed by atoms with Crippen LogP contribution in [0.4, 0.5) is 20.8 Å². The summed E-state index contributed by atoms with van der Waals surface area (Å²) in [6, 6.07) is 7.26. The van der Waals surface area contributed by atoms with Gasteiger partial charge in [0, 0.05) is 44.3 Å². The molecule has 1 atom stereocenters. The molecule has 28 heavy (non-hydrogen) atoms. The Labute approximate surface area is 181 Å². The van der Waals surface area contributed by atoms with Crippen LogP contribution in [0.15, 0.2) is 29.3 Å². The third-order valence-corrected chi connectivity index (χ3v) is 5.72. The van der Waals surface area contributed by atoms with Gasteiger partial charge in [0.05, 0.1) is 16.9 Å². The molecule has 5 nitrogen and oxygen atoms in total. The first kappa shape index (κ1) is 22.9. The van der Waals surface area contributed by atoms with Crippen molar-refractivity contribution in [3.63, 3.8) is 0 Å². The van der Waals surface area contributed by atoms with Gasteiger partial charge in [-0.15, -0.1) is 36.2 Å². The predicted molar refractivity (Wildman–Crippen MR) is 119 cm³/mol. The minimum atomic E-state index is -0.258. The number of aliphatic imine (C=N–C) groups is 1. The van der Waals surface area contributed by atoms with Crippen LogP contribution in [0, 0.1) is 12.7 Å². The molecule has 154 valence electrons. The number of fused-ring (bicyclic) bond motifs is 2. The summed E-state index contributed by atoms with van der Waals surface area (Å²) in [7, 11) is 1.73. The molecule has 1 saturated heterocycles. The SMILES string of the molecule is COCCC1CN(C2=Nc3ccc(F)cc3Nc3sc(C)cc32)CCN1.Cl.Cl. The molecule has 2 aromatic rings. The van der Waals surface area contributed by atoms with Crippen molar-refractivity contribution in [2.75, 3.05) is 38.7 Å². The van der Waals surface area contributed by atoms with E-state index in [0.717, 1.165) is 54.7 Å². The van der Waals surface area contributed by atoms with Gasteiger partial charge in [0.2, 0.25) is 0 Å². The Balaban J connectivity index is 0.00000140. The van der Waals surface area contributed by atoms with E-state index in [1.807, 2.05) is 0 Å². The van der Waals surface area contributed by atoms with Gasteiger partial charge in [-0.05, 0) is 37.6 Å². The lowest BCUT2D eigenvalue weighted by atomic mass is 10.1. The van der Waals surface area contributed by atoms with E-state index in [1.165, 1.54) is 17.0 Å². The molecule has 3 heterocycles. The molecule has 0 saturated carbocycles. The van der Waals surface area contributed by atoms with E-state index in [-0.39, 0.29) is 30.6 Å². The van der Waals surface area contributed by atoms with E-state index >= 15 is 0 Å². The van der Waals surface area contributed by atoms with E-state index in [4.69, 9.17) is 9.73 Å². The van der Waals surface area contributed by atoms with Crippen LogP contribution in [0.3, 0.4) is 0 Å². The minimum absolute atomic E-state index is 0. The summed E-state index contributed by atoms with van der Waals surface area (Å²) in [6.07, 6.45) is 0.968. The van der Waals surface area contributed by atoms with E-state index in [9.17, 15) is 4.39 Å². The Bertz CT molecular complexity index is 845. The lowest BCUT2D eigenvalue weighted by Crippen LogP contribution is -2.53. The summed E-state index contributed by atoms with van der Waals surface area (Å²) < 4.78 is 18.9. The number of amidine groups is 1. The number of nitrogens with zero attached hydrogens (tertiary/aromatic N) is 2. The molecule has 1 aromatic heterocycles. The molecule has 0 amide bonds. The van der Waals surface area contributed by atoms with Crippen LogP contribution in [0.25, 0.3) is 0 Å². The highest BCUT2D eigenvalue weighted by Crippen LogP contribution is 2.39. The van der Waals surface area contributed by atoms with Gasteiger partial charge in [-0.3, -0.25) is 0 Å². The summed E-state index contributed by atoms with van der Waals surface area (Å²) in [5.41, 5.74) is 2.58. The Morgan fingerprint density at radius 1 is 1.32 bits per heavy atom. The molecule has 2 aliphatic heterocycles. The average molecular weight is 447 g/mol. The summed E-state index contributed by atoms with van der Waals surface area (Å²) in [5, 5.41) is 7.96. The third kappa shape index (κ3) is 4.78. The second-order valence-electron chi connectivity index (χ2n) is 6.70. The molecule has 2 aliphatic rings. The fraction of sp³-hybridized carbons (Fsp3) is 0.421. The molecule has 0 bridgehead atoms. The number of piperazine rings is 1. The second kappa shape index (κ2) is 9.89. The number of hydrogen-bond donors (Lipinski definition) is 2. The Morgan fingerprint density at radius 2 is 2.14 bits per heavy atom. The smallest absolute Gasteiger partial charge is 0.139 e. The second-order valence-corrected chi connectivity index (χ2v) is 7.96. The van der Waals surface area contributed by atoms with Crippen molar-refractivity contribution in [2.24, 2.45) is 4.99 Å². The monoisotopic (exact) mass is 446 g/mol. The lowest BCUT2D eigenvalue weighted by Gasteiger charge is -2.35. The van der Waals surface area contributed by atoms with Crippen LogP contribution < -0.4 is 10.6 Å². The Hall–Kier alpha value is -1.38. The van der Waals surface area contributed by atoms with Gasteiger partial charge in [0.25, 0.3) is 0 Å². The molecule has 0 radical (unpaired) electrons. The summed E-state index contributed by atoms with van der Waals surface area (Å²) in [6.45, 7) is 5.52. The van der Waals surface area contributed by atoms with Crippen LogP contribution in [0.1, 0.15) is 16.9 Å². The van der Waals surface area contributed by atoms with E-state index in [0.29, 0.717) is 11.7 Å². The normalized spacial score (nSPS) is 17.9. The summed E-state index contributed by atoms with van der Waals surface area (Å²) >= 11 is 1.68. The number of hydrogen-bond acceptors (Lipinski definition) is 6. The number of anilines is 2. The average Bonchev–Trinajstić information content (AvgIpc) is 2.92. The molecular weight excluding hydrogens is 422 g/mol. The molecule has 1 aromatic carbocycles. The fourth-order valence-corrected chi connectivity index (χ4v) is 4.41. The highest BCUT2D eigenvalue weighted by molar-refractivity contribution is 7.16. The molecule has 2 N–H and O–H groups in total. The Morgan fingerprint density at radius 3 is 2.93 bits per heavy atom. The van der Waals surface area contributed by atoms with Crippen molar-refractivity contribution < 1.29 is 9.13 Å². The van der Waals surface area contributed by atoms with Crippen molar-refractivity contribution in [1.82, 2.24) is 10.2 Å². The van der Waals surface area contributed by atoms with Gasteiger partial charge in [-0.1, -0.05) is 0 Å². The Kier molecular flexibility index (Phi) is 8.09. The lowest BCUT2D eigenvalue weighted by molar-refractivity contribution is 0.168. The van der Waals surface area contributed by atoms with Gasteiger partial charge in [0.1, 0.15) is 16.7 Å². The standard InChI is InChI=1S/C19H23FN4OS.2ClH/c1-12-9-15-18(24-7-6-21-14(11-24)5-8-25-2)22-16-4-3-13(20)10-17(16)23-19(15)26-12;;/h3-4,9-10,14,21,23H,5-8,11H2,1-2H3;2*1H. The van der Waals surface area contributed by atoms with Crippen molar-refractivity contribution in [2.45, 2.75) is 19.4 Å².